The largest absolute Gasteiger partial charge is 0.459 e. The highest BCUT2D eigenvalue weighted by atomic mass is 35.5. The Hall–Kier alpha value is -3.46. The average Bonchev–Trinajstić information content (AvgIpc) is 3.10. The Morgan fingerprint density at radius 3 is 2.86 bits per heavy atom. The zero-order chi connectivity index (χ0) is 23.5. The number of halogens is 1. The van der Waals surface area contributed by atoms with Gasteiger partial charge in [0.05, 0.1) is 11.9 Å². The molecule has 1 aromatic carbocycles. The molecule has 1 aliphatic heterocycles. The van der Waals surface area contributed by atoms with Gasteiger partial charge in [0.1, 0.15) is 17.0 Å². The Balaban J connectivity index is 0.00000289. The van der Waals surface area contributed by atoms with E-state index >= 15 is 0 Å². The Morgan fingerprint density at radius 1 is 1.14 bits per heavy atom. The van der Waals surface area contributed by atoms with Crippen molar-refractivity contribution in [2.45, 2.75) is 13.0 Å². The van der Waals surface area contributed by atoms with E-state index in [9.17, 15) is 9.59 Å². The van der Waals surface area contributed by atoms with Crippen LogP contribution >= 0.6 is 12.4 Å². The molecule has 0 bridgehead atoms. The second-order valence-electron chi connectivity index (χ2n) is 8.54. The molecule has 0 atom stereocenters. The number of carbonyl (C=O) groups is 1. The van der Waals surface area contributed by atoms with Gasteiger partial charge in [-0.15, -0.1) is 12.4 Å². The number of nitrogens with one attached hydrogen (secondary N) is 2. The predicted molar refractivity (Wildman–Crippen MR) is 139 cm³/mol. The Morgan fingerprint density at radius 2 is 2.03 bits per heavy atom. The van der Waals surface area contributed by atoms with Crippen LogP contribution in [-0.4, -0.2) is 46.5 Å². The monoisotopic (exact) mass is 493 g/mol. The van der Waals surface area contributed by atoms with Crippen LogP contribution in [0.25, 0.3) is 22.1 Å². The van der Waals surface area contributed by atoms with Crippen LogP contribution < -0.4 is 16.2 Å². The highest BCUT2D eigenvalue weighted by Crippen LogP contribution is 2.31. The topological polar surface area (TPSA) is 92.4 Å². The lowest BCUT2D eigenvalue weighted by Crippen LogP contribution is -2.27. The van der Waals surface area contributed by atoms with Crippen LogP contribution in [0.3, 0.4) is 0 Å². The first kappa shape index (κ1) is 24.7. The molecule has 0 aliphatic carbocycles. The van der Waals surface area contributed by atoms with Gasteiger partial charge in [0.25, 0.3) is 11.5 Å². The molecule has 3 aromatic heterocycles. The van der Waals surface area contributed by atoms with E-state index in [1.807, 2.05) is 30.3 Å². The summed E-state index contributed by atoms with van der Waals surface area (Å²) in [5.74, 6) is 0.497. The number of fused-ring (bicyclic) bond motifs is 1. The average molecular weight is 494 g/mol. The first-order chi connectivity index (χ1) is 16.6. The Kier molecular flexibility index (Phi) is 7.65. The number of amides is 1. The third-order valence-electron chi connectivity index (χ3n) is 6.04. The molecule has 1 aliphatic rings. The minimum Gasteiger partial charge on any atom is -0.459 e. The number of rotatable bonds is 5. The maximum absolute atomic E-state index is 12.9. The Labute approximate surface area is 209 Å². The van der Waals surface area contributed by atoms with Crippen LogP contribution in [0, 0.1) is 0 Å². The van der Waals surface area contributed by atoms with Crippen molar-refractivity contribution in [2.75, 3.05) is 31.5 Å². The fourth-order valence-electron chi connectivity index (χ4n) is 4.32. The molecule has 1 fully saturated rings. The molecule has 4 aromatic rings. The van der Waals surface area contributed by atoms with Crippen molar-refractivity contribution in [3.63, 3.8) is 0 Å². The second kappa shape index (κ2) is 10.9. The summed E-state index contributed by atoms with van der Waals surface area (Å²) in [4.78, 5) is 31.8. The van der Waals surface area contributed by atoms with Crippen LogP contribution in [0.4, 0.5) is 5.69 Å². The van der Waals surface area contributed by atoms with Crippen LogP contribution in [0.1, 0.15) is 22.7 Å². The van der Waals surface area contributed by atoms with E-state index in [4.69, 9.17) is 4.42 Å². The molecule has 0 spiro atoms. The van der Waals surface area contributed by atoms with Crippen molar-refractivity contribution in [1.29, 1.82) is 0 Å². The van der Waals surface area contributed by atoms with E-state index in [0.29, 0.717) is 28.9 Å². The summed E-state index contributed by atoms with van der Waals surface area (Å²) in [6.45, 7) is 4.57. The SMILES string of the molecule is Cl.Cn1cc(-c2cccc(NC(=O)c3ccccn3)c2)c2oc(CN3CCCNCC3)cc2c1=O. The number of anilines is 1. The molecule has 1 amide bonds. The first-order valence-corrected chi connectivity index (χ1v) is 11.5. The predicted octanol–water partition coefficient (Wildman–Crippen LogP) is 3.66. The fraction of sp³-hybridized carbons (Fsp3) is 0.269. The quantitative estimate of drug-likeness (QED) is 0.441. The molecule has 0 unspecified atom stereocenters. The van der Waals surface area contributed by atoms with Crippen molar-refractivity contribution in [3.8, 4) is 11.1 Å². The highest BCUT2D eigenvalue weighted by Gasteiger charge is 2.18. The van der Waals surface area contributed by atoms with Gasteiger partial charge in [0.2, 0.25) is 0 Å². The molecule has 5 rings (SSSR count). The lowest BCUT2D eigenvalue weighted by molar-refractivity contribution is 0.102. The van der Waals surface area contributed by atoms with Crippen molar-refractivity contribution in [3.05, 3.63) is 82.7 Å². The van der Waals surface area contributed by atoms with E-state index in [0.717, 1.165) is 49.5 Å². The molecular weight excluding hydrogens is 466 g/mol. The molecule has 2 N–H and O–H groups in total. The number of aromatic nitrogens is 2. The molecule has 9 heteroatoms. The number of benzene rings is 1. The number of nitrogens with zero attached hydrogens (tertiary/aromatic N) is 3. The summed E-state index contributed by atoms with van der Waals surface area (Å²) in [7, 11) is 1.74. The van der Waals surface area contributed by atoms with Gasteiger partial charge in [-0.05, 0) is 55.4 Å². The second-order valence-corrected chi connectivity index (χ2v) is 8.54. The van der Waals surface area contributed by atoms with Gasteiger partial charge in [-0.2, -0.15) is 0 Å². The summed E-state index contributed by atoms with van der Waals surface area (Å²) in [5.41, 5.74) is 3.11. The van der Waals surface area contributed by atoms with Crippen LogP contribution in [-0.2, 0) is 13.6 Å². The lowest BCUT2D eigenvalue weighted by Gasteiger charge is -2.17. The van der Waals surface area contributed by atoms with Crippen LogP contribution in [0.15, 0.2) is 70.1 Å². The molecule has 182 valence electrons. The normalized spacial score (nSPS) is 14.3. The molecule has 0 saturated carbocycles. The zero-order valence-electron chi connectivity index (χ0n) is 19.5. The van der Waals surface area contributed by atoms with E-state index in [1.54, 1.807) is 42.2 Å². The van der Waals surface area contributed by atoms with Gasteiger partial charge in [0.15, 0.2) is 0 Å². The molecule has 4 heterocycles. The highest BCUT2D eigenvalue weighted by molar-refractivity contribution is 6.03. The minimum atomic E-state index is -0.282. The molecular formula is C26H28ClN5O3. The summed E-state index contributed by atoms with van der Waals surface area (Å²) in [5, 5.41) is 6.86. The maximum atomic E-state index is 12.9. The molecule has 0 radical (unpaired) electrons. The van der Waals surface area contributed by atoms with Gasteiger partial charge < -0.3 is 19.6 Å². The van der Waals surface area contributed by atoms with Crippen LogP contribution in [0.5, 0.6) is 0 Å². The van der Waals surface area contributed by atoms with Crippen molar-refractivity contribution >= 4 is 35.0 Å². The molecule has 35 heavy (non-hydrogen) atoms. The van der Waals surface area contributed by atoms with E-state index < -0.39 is 0 Å². The molecule has 8 nitrogen and oxygen atoms in total. The van der Waals surface area contributed by atoms with Gasteiger partial charge in [-0.1, -0.05) is 18.2 Å². The van der Waals surface area contributed by atoms with Gasteiger partial charge in [-0.3, -0.25) is 19.5 Å². The van der Waals surface area contributed by atoms with Gasteiger partial charge in [0, 0.05) is 43.8 Å². The Bertz CT molecular complexity index is 1380. The third kappa shape index (κ3) is 5.45. The molecule has 1 saturated heterocycles. The standard InChI is InChI=1S/C26H27N5O3.ClH/c1-30-17-22(18-6-4-7-19(14-18)29-25(32)23-8-2-3-10-28-23)24-21(26(30)33)15-20(34-24)16-31-12-5-9-27-11-13-31;/h2-4,6-8,10,14-15,17,27H,5,9,11-13,16H2,1H3,(H,29,32);1H. The number of carbonyl (C=O) groups excluding carboxylic acids is 1. The first-order valence-electron chi connectivity index (χ1n) is 11.5. The van der Waals surface area contributed by atoms with Gasteiger partial charge in [-0.25, -0.2) is 0 Å². The summed E-state index contributed by atoms with van der Waals surface area (Å²) < 4.78 is 7.83. The minimum absolute atomic E-state index is 0. The van der Waals surface area contributed by atoms with Crippen molar-refractivity contribution < 1.29 is 9.21 Å². The zero-order valence-corrected chi connectivity index (χ0v) is 20.3. The summed E-state index contributed by atoms with van der Waals surface area (Å²) in [6, 6.07) is 14.6. The smallest absolute Gasteiger partial charge is 0.274 e. The number of furan rings is 1. The fourth-order valence-corrected chi connectivity index (χ4v) is 4.32. The number of hydrogen-bond acceptors (Lipinski definition) is 6. The van der Waals surface area contributed by atoms with E-state index in [1.165, 1.54) is 0 Å². The van der Waals surface area contributed by atoms with Gasteiger partial charge >= 0.3 is 0 Å². The summed E-state index contributed by atoms with van der Waals surface area (Å²) in [6.07, 6.45) is 4.46. The van der Waals surface area contributed by atoms with E-state index in [2.05, 4.69) is 20.5 Å². The van der Waals surface area contributed by atoms with Crippen LogP contribution in [0.2, 0.25) is 0 Å². The number of hydrogen-bond donors (Lipinski definition) is 2. The summed E-state index contributed by atoms with van der Waals surface area (Å²) >= 11 is 0. The number of aryl methyl sites for hydroxylation is 1. The van der Waals surface area contributed by atoms with E-state index in [-0.39, 0.29) is 23.9 Å². The lowest BCUT2D eigenvalue weighted by atomic mass is 10.1. The van der Waals surface area contributed by atoms with Crippen molar-refractivity contribution in [1.82, 2.24) is 19.8 Å². The number of pyridine rings is 2. The maximum Gasteiger partial charge on any atom is 0.274 e. The van der Waals surface area contributed by atoms with Crippen molar-refractivity contribution in [2.24, 2.45) is 7.05 Å². The third-order valence-corrected chi connectivity index (χ3v) is 6.04.